The lowest BCUT2D eigenvalue weighted by atomic mass is 10.3. The number of hydrogen-bond donors (Lipinski definition) is 0. The lowest BCUT2D eigenvalue weighted by Gasteiger charge is -2.08. The van der Waals surface area contributed by atoms with Crippen LogP contribution in [0, 0.1) is 5.82 Å². The lowest BCUT2D eigenvalue weighted by molar-refractivity contribution is 0.320. The van der Waals surface area contributed by atoms with Gasteiger partial charge in [-0.1, -0.05) is 6.08 Å². The summed E-state index contributed by atoms with van der Waals surface area (Å²) in [5.41, 5.74) is 0. The summed E-state index contributed by atoms with van der Waals surface area (Å²) in [6.45, 7) is 3.84. The number of benzene rings is 1. The quantitative estimate of drug-likeness (QED) is 0.467. The fraction of sp³-hybridized carbons (Fsp3) is 0.200. The largest absolute Gasteiger partial charge is 0.492 e. The molecule has 0 aliphatic heterocycles. The zero-order chi connectivity index (χ0) is 13.1. The highest BCUT2D eigenvalue weighted by molar-refractivity contribution is 9.10. The second kappa shape index (κ2) is 5.84. The van der Waals surface area contributed by atoms with Crippen LogP contribution in [-0.2, 0) is 9.05 Å². The molecule has 0 aliphatic rings. The molecule has 0 unspecified atom stereocenters. The number of hydrogen-bond acceptors (Lipinski definition) is 3. The molecule has 0 bridgehead atoms. The van der Waals surface area contributed by atoms with Gasteiger partial charge in [0, 0.05) is 16.7 Å². The van der Waals surface area contributed by atoms with Crippen LogP contribution in [0.15, 0.2) is 34.2 Å². The van der Waals surface area contributed by atoms with E-state index in [0.29, 0.717) is 17.5 Å². The van der Waals surface area contributed by atoms with Crippen molar-refractivity contribution in [1.29, 1.82) is 0 Å². The Morgan fingerprint density at radius 3 is 2.71 bits per heavy atom. The molecule has 1 rings (SSSR count). The van der Waals surface area contributed by atoms with Gasteiger partial charge in [-0.25, -0.2) is 12.8 Å². The van der Waals surface area contributed by atoms with Crippen molar-refractivity contribution in [2.45, 2.75) is 11.3 Å². The third-order valence-corrected chi connectivity index (χ3v) is 3.79. The molecule has 0 aromatic heterocycles. The van der Waals surface area contributed by atoms with E-state index in [1.807, 2.05) is 0 Å². The van der Waals surface area contributed by atoms with E-state index >= 15 is 0 Å². The fourth-order valence-electron chi connectivity index (χ4n) is 1.06. The SMILES string of the molecule is C=CCCOc1cc(F)c(S(=O)(=O)Cl)cc1Br. The molecule has 1 aromatic rings. The number of rotatable bonds is 5. The van der Waals surface area contributed by atoms with E-state index in [0.717, 1.165) is 12.1 Å². The van der Waals surface area contributed by atoms with Crippen LogP contribution in [-0.4, -0.2) is 15.0 Å². The van der Waals surface area contributed by atoms with Gasteiger partial charge in [0.25, 0.3) is 9.05 Å². The molecule has 0 radical (unpaired) electrons. The average molecular weight is 344 g/mol. The molecular formula is C10H9BrClFO3S. The summed E-state index contributed by atoms with van der Waals surface area (Å²) >= 11 is 3.09. The Kier molecular flexibility index (Phi) is 4.97. The van der Waals surface area contributed by atoms with E-state index in [-0.39, 0.29) is 5.75 Å². The van der Waals surface area contributed by atoms with E-state index in [4.69, 9.17) is 15.4 Å². The Morgan fingerprint density at radius 1 is 1.53 bits per heavy atom. The van der Waals surface area contributed by atoms with E-state index in [9.17, 15) is 12.8 Å². The molecule has 0 fully saturated rings. The predicted molar refractivity (Wildman–Crippen MR) is 67.4 cm³/mol. The van der Waals surface area contributed by atoms with E-state index in [2.05, 4.69) is 22.5 Å². The van der Waals surface area contributed by atoms with Crippen LogP contribution in [0.1, 0.15) is 6.42 Å². The Labute approximate surface area is 112 Å². The summed E-state index contributed by atoms with van der Waals surface area (Å²) in [6, 6.07) is 2.04. The van der Waals surface area contributed by atoms with Crippen LogP contribution in [0.5, 0.6) is 5.75 Å². The van der Waals surface area contributed by atoms with E-state index < -0.39 is 19.8 Å². The van der Waals surface area contributed by atoms with Gasteiger partial charge in [-0.3, -0.25) is 0 Å². The maximum atomic E-state index is 13.5. The van der Waals surface area contributed by atoms with Crippen LogP contribution in [0.2, 0.25) is 0 Å². The molecule has 7 heteroatoms. The van der Waals surface area contributed by atoms with Crippen molar-refractivity contribution >= 4 is 35.7 Å². The maximum absolute atomic E-state index is 13.5. The van der Waals surface area contributed by atoms with Crippen LogP contribution < -0.4 is 4.74 Å². The van der Waals surface area contributed by atoms with Gasteiger partial charge < -0.3 is 4.74 Å². The first-order valence-corrected chi connectivity index (χ1v) is 7.64. The van der Waals surface area contributed by atoms with Gasteiger partial charge in [0.05, 0.1) is 11.1 Å². The minimum absolute atomic E-state index is 0.216. The lowest BCUT2D eigenvalue weighted by Crippen LogP contribution is -2.00. The third kappa shape index (κ3) is 3.97. The molecule has 0 atom stereocenters. The molecule has 0 spiro atoms. The molecule has 94 valence electrons. The Balaban J connectivity index is 3.06. The van der Waals surface area contributed by atoms with E-state index in [1.165, 1.54) is 0 Å². The summed E-state index contributed by atoms with van der Waals surface area (Å²) in [4.78, 5) is -0.581. The first-order chi connectivity index (χ1) is 7.86. The highest BCUT2D eigenvalue weighted by Gasteiger charge is 2.19. The Morgan fingerprint density at radius 2 is 2.18 bits per heavy atom. The van der Waals surface area contributed by atoms with Gasteiger partial charge in [-0.05, 0) is 28.4 Å². The van der Waals surface area contributed by atoms with Crippen LogP contribution in [0.25, 0.3) is 0 Å². The Hall–Kier alpha value is -0.590. The molecule has 3 nitrogen and oxygen atoms in total. The smallest absolute Gasteiger partial charge is 0.264 e. The molecule has 1 aromatic carbocycles. The molecule has 0 heterocycles. The average Bonchev–Trinajstić information content (AvgIpc) is 2.21. The van der Waals surface area contributed by atoms with Gasteiger partial charge in [0.15, 0.2) is 0 Å². The van der Waals surface area contributed by atoms with Gasteiger partial charge in [0.2, 0.25) is 0 Å². The van der Waals surface area contributed by atoms with Crippen molar-refractivity contribution < 1.29 is 17.5 Å². The highest BCUT2D eigenvalue weighted by Crippen LogP contribution is 2.31. The summed E-state index contributed by atoms with van der Waals surface area (Å²) in [7, 11) is 0.970. The molecule has 0 N–H and O–H groups in total. The molecule has 0 aliphatic carbocycles. The monoisotopic (exact) mass is 342 g/mol. The summed E-state index contributed by atoms with van der Waals surface area (Å²) < 4.78 is 41.1. The molecular weight excluding hydrogens is 335 g/mol. The maximum Gasteiger partial charge on any atom is 0.264 e. The predicted octanol–water partition coefficient (Wildman–Crippen LogP) is 3.47. The van der Waals surface area contributed by atoms with Gasteiger partial charge in [0.1, 0.15) is 16.5 Å². The fourth-order valence-corrected chi connectivity index (χ4v) is 2.57. The van der Waals surface area contributed by atoms with Crippen molar-refractivity contribution in [3.8, 4) is 5.75 Å². The minimum Gasteiger partial charge on any atom is -0.492 e. The zero-order valence-corrected chi connectivity index (χ0v) is 11.8. The van der Waals surface area contributed by atoms with Gasteiger partial charge in [-0.15, -0.1) is 6.58 Å². The summed E-state index contributed by atoms with van der Waals surface area (Å²) in [5, 5.41) is 0. The van der Waals surface area contributed by atoms with Crippen molar-refractivity contribution in [3.63, 3.8) is 0 Å². The van der Waals surface area contributed by atoms with Gasteiger partial charge >= 0.3 is 0 Å². The van der Waals surface area contributed by atoms with Gasteiger partial charge in [-0.2, -0.15) is 0 Å². The van der Waals surface area contributed by atoms with Crippen LogP contribution in [0.4, 0.5) is 4.39 Å². The first kappa shape index (κ1) is 14.5. The molecule has 0 amide bonds. The topological polar surface area (TPSA) is 43.4 Å². The highest BCUT2D eigenvalue weighted by atomic mass is 79.9. The third-order valence-electron chi connectivity index (χ3n) is 1.83. The normalized spacial score (nSPS) is 11.2. The summed E-state index contributed by atoms with van der Waals surface area (Å²) in [6.07, 6.45) is 2.26. The number of ether oxygens (including phenoxy) is 1. The standard InChI is InChI=1S/C10H9BrClFO3S/c1-2-3-4-16-9-6-8(13)10(5-7(9)11)17(12,14)15/h2,5-6H,1,3-4H2. The second-order valence-corrected chi connectivity index (χ2v) is 6.47. The first-order valence-electron chi connectivity index (χ1n) is 4.53. The van der Waals surface area contributed by atoms with Crippen LogP contribution >= 0.6 is 26.6 Å². The second-order valence-electron chi connectivity index (χ2n) is 3.08. The summed E-state index contributed by atoms with van der Waals surface area (Å²) in [5.74, 6) is -0.731. The van der Waals surface area contributed by atoms with Crippen LogP contribution in [0.3, 0.4) is 0 Å². The van der Waals surface area contributed by atoms with E-state index in [1.54, 1.807) is 6.08 Å². The molecule has 17 heavy (non-hydrogen) atoms. The zero-order valence-electron chi connectivity index (χ0n) is 8.62. The minimum atomic E-state index is -4.10. The number of halogens is 3. The molecule has 0 saturated heterocycles. The van der Waals surface area contributed by atoms with Crippen molar-refractivity contribution in [1.82, 2.24) is 0 Å². The van der Waals surface area contributed by atoms with Crippen molar-refractivity contribution in [2.75, 3.05) is 6.61 Å². The van der Waals surface area contributed by atoms with Crippen molar-refractivity contribution in [3.05, 3.63) is 35.1 Å². The Bertz CT molecular complexity index is 531. The van der Waals surface area contributed by atoms with Crippen molar-refractivity contribution in [2.24, 2.45) is 0 Å². The molecule has 0 saturated carbocycles.